The maximum absolute atomic E-state index is 5.79. The van der Waals surface area contributed by atoms with Crippen molar-refractivity contribution in [2.24, 2.45) is 5.73 Å². The predicted octanol–water partition coefficient (Wildman–Crippen LogP) is 5.60. The van der Waals surface area contributed by atoms with E-state index in [1.165, 1.54) is 27.3 Å². The molecule has 0 amide bonds. The van der Waals surface area contributed by atoms with Crippen LogP contribution in [0.4, 0.5) is 0 Å². The predicted molar refractivity (Wildman–Crippen MR) is 121 cm³/mol. The number of hydrogen-bond donors (Lipinski definition) is 2. The minimum Gasteiger partial charge on any atom is -0.497 e. The largest absolute Gasteiger partial charge is 0.497 e. The first-order valence-electron chi connectivity index (χ1n) is 10.1. The molecule has 1 aromatic heterocycles. The van der Waals surface area contributed by atoms with Crippen LogP contribution in [0.15, 0.2) is 48.5 Å². The van der Waals surface area contributed by atoms with E-state index in [1.807, 2.05) is 0 Å². The quantitative estimate of drug-likeness (QED) is 0.405. The number of nitrogens with one attached hydrogen (secondary N) is 1. The van der Waals surface area contributed by atoms with Gasteiger partial charge in [0.1, 0.15) is 11.5 Å². The number of ether oxygens (including phenoxy) is 2. The summed E-state index contributed by atoms with van der Waals surface area (Å²) >= 11 is 0. The number of fused-ring (bicyclic) bond motifs is 2. The number of H-pyrrole nitrogens is 1. The molecule has 0 fully saturated rings. The number of aromatic nitrogens is 1. The van der Waals surface area contributed by atoms with Crippen molar-refractivity contribution in [3.63, 3.8) is 0 Å². The molecule has 4 heteroatoms. The van der Waals surface area contributed by atoms with Gasteiger partial charge in [-0.2, -0.15) is 0 Å². The van der Waals surface area contributed by atoms with Crippen LogP contribution >= 0.6 is 0 Å². The zero-order valence-corrected chi connectivity index (χ0v) is 17.3. The zero-order valence-electron chi connectivity index (χ0n) is 17.3. The fourth-order valence-corrected chi connectivity index (χ4v) is 4.13. The molecule has 0 spiro atoms. The average Bonchev–Trinajstić information content (AvgIpc) is 3.11. The molecule has 0 aliphatic heterocycles. The SMILES string of the molecule is COc1cc(C)c2[nH]c(-c3cc4ccccc4cc3OC)c(CCCCN)c2c1. The molecule has 3 N–H and O–H groups in total. The summed E-state index contributed by atoms with van der Waals surface area (Å²) in [4.78, 5) is 3.70. The molecule has 3 aromatic carbocycles. The van der Waals surface area contributed by atoms with Crippen LogP contribution < -0.4 is 15.2 Å². The average molecular weight is 389 g/mol. The third-order valence-corrected chi connectivity index (χ3v) is 5.64. The van der Waals surface area contributed by atoms with Crippen molar-refractivity contribution in [2.45, 2.75) is 26.2 Å². The first kappa shape index (κ1) is 19.3. The van der Waals surface area contributed by atoms with Crippen LogP contribution in [0.3, 0.4) is 0 Å². The summed E-state index contributed by atoms with van der Waals surface area (Å²) in [5.74, 6) is 1.76. The Morgan fingerprint density at radius 1 is 0.931 bits per heavy atom. The first-order chi connectivity index (χ1) is 14.2. The summed E-state index contributed by atoms with van der Waals surface area (Å²) in [6, 6.07) is 16.9. The number of rotatable bonds is 7. The third kappa shape index (κ3) is 3.56. The highest BCUT2D eigenvalue weighted by atomic mass is 16.5. The van der Waals surface area contributed by atoms with E-state index in [2.05, 4.69) is 60.4 Å². The molecule has 4 rings (SSSR count). The Labute approximate surface area is 171 Å². The van der Waals surface area contributed by atoms with Gasteiger partial charge in [-0.15, -0.1) is 0 Å². The van der Waals surface area contributed by atoms with Gasteiger partial charge in [-0.05, 0) is 78.9 Å². The van der Waals surface area contributed by atoms with Crippen molar-refractivity contribution in [1.82, 2.24) is 4.98 Å². The van der Waals surface area contributed by atoms with Gasteiger partial charge in [-0.25, -0.2) is 0 Å². The van der Waals surface area contributed by atoms with Gasteiger partial charge in [0.2, 0.25) is 0 Å². The van der Waals surface area contributed by atoms with E-state index in [0.29, 0.717) is 6.54 Å². The van der Waals surface area contributed by atoms with Crippen molar-refractivity contribution in [3.05, 3.63) is 59.7 Å². The Kier molecular flexibility index (Phi) is 5.45. The number of aromatic amines is 1. The van der Waals surface area contributed by atoms with Crippen LogP contribution in [0, 0.1) is 6.92 Å². The van der Waals surface area contributed by atoms with Gasteiger partial charge in [-0.3, -0.25) is 0 Å². The molecule has 0 aliphatic rings. The molecule has 0 unspecified atom stereocenters. The van der Waals surface area contributed by atoms with Gasteiger partial charge >= 0.3 is 0 Å². The maximum atomic E-state index is 5.79. The second-order valence-electron chi connectivity index (χ2n) is 7.49. The number of hydrogen-bond acceptors (Lipinski definition) is 3. The third-order valence-electron chi connectivity index (χ3n) is 5.64. The van der Waals surface area contributed by atoms with Crippen molar-refractivity contribution in [1.29, 1.82) is 0 Å². The number of benzene rings is 3. The lowest BCUT2D eigenvalue weighted by atomic mass is 9.97. The van der Waals surface area contributed by atoms with Crippen LogP contribution in [0.2, 0.25) is 0 Å². The van der Waals surface area contributed by atoms with Crippen molar-refractivity contribution >= 4 is 21.7 Å². The minimum atomic E-state index is 0.708. The normalized spacial score (nSPS) is 11.3. The lowest BCUT2D eigenvalue weighted by Crippen LogP contribution is -1.99. The van der Waals surface area contributed by atoms with E-state index < -0.39 is 0 Å². The fourth-order valence-electron chi connectivity index (χ4n) is 4.13. The molecular formula is C25H28N2O2. The standard InChI is InChI=1S/C25H28N2O2/c1-16-12-19(28-2)15-21-20(10-6-7-11-26)25(27-24(16)21)22-13-17-8-4-5-9-18(17)14-23(22)29-3/h4-5,8-9,12-15,27H,6-7,10-11,26H2,1-3H3. The maximum Gasteiger partial charge on any atom is 0.128 e. The molecule has 0 radical (unpaired) electrons. The van der Waals surface area contributed by atoms with Gasteiger partial charge in [0.15, 0.2) is 0 Å². The van der Waals surface area contributed by atoms with Gasteiger partial charge < -0.3 is 20.2 Å². The zero-order chi connectivity index (χ0) is 20.4. The van der Waals surface area contributed by atoms with Gasteiger partial charge in [0.05, 0.1) is 19.9 Å². The summed E-state index contributed by atoms with van der Waals surface area (Å²) in [6.07, 6.45) is 3.00. The number of nitrogens with two attached hydrogens (primary N) is 1. The second kappa shape index (κ2) is 8.18. The van der Waals surface area contributed by atoms with Gasteiger partial charge in [0.25, 0.3) is 0 Å². The molecule has 1 heterocycles. The molecule has 150 valence electrons. The van der Waals surface area contributed by atoms with Crippen molar-refractivity contribution < 1.29 is 9.47 Å². The Hall–Kier alpha value is -2.98. The van der Waals surface area contributed by atoms with Gasteiger partial charge in [0, 0.05) is 16.5 Å². The summed E-state index contributed by atoms with van der Waals surface area (Å²) in [6.45, 7) is 2.83. The molecule has 0 saturated heterocycles. The van der Waals surface area contributed by atoms with E-state index in [-0.39, 0.29) is 0 Å². The molecule has 0 atom stereocenters. The van der Waals surface area contributed by atoms with Crippen LogP contribution in [0.25, 0.3) is 32.9 Å². The monoisotopic (exact) mass is 388 g/mol. The number of aryl methyl sites for hydroxylation is 2. The molecule has 29 heavy (non-hydrogen) atoms. The van der Waals surface area contributed by atoms with E-state index >= 15 is 0 Å². The Balaban J connectivity index is 1.98. The molecule has 0 bridgehead atoms. The molecule has 4 aromatic rings. The highest BCUT2D eigenvalue weighted by Gasteiger charge is 2.19. The van der Waals surface area contributed by atoms with E-state index in [1.54, 1.807) is 14.2 Å². The lowest BCUT2D eigenvalue weighted by Gasteiger charge is -2.12. The van der Waals surface area contributed by atoms with E-state index in [4.69, 9.17) is 15.2 Å². The van der Waals surface area contributed by atoms with Crippen molar-refractivity contribution in [2.75, 3.05) is 20.8 Å². The smallest absolute Gasteiger partial charge is 0.128 e. The van der Waals surface area contributed by atoms with Crippen LogP contribution in [0.1, 0.15) is 24.0 Å². The molecular weight excluding hydrogens is 360 g/mol. The van der Waals surface area contributed by atoms with Crippen LogP contribution in [0.5, 0.6) is 11.5 Å². The summed E-state index contributed by atoms with van der Waals surface area (Å²) in [5, 5.41) is 3.58. The Bertz CT molecular complexity index is 1160. The molecule has 4 nitrogen and oxygen atoms in total. The lowest BCUT2D eigenvalue weighted by molar-refractivity contribution is 0.415. The Morgan fingerprint density at radius 3 is 2.38 bits per heavy atom. The van der Waals surface area contributed by atoms with Gasteiger partial charge in [-0.1, -0.05) is 24.3 Å². The summed E-state index contributed by atoms with van der Waals surface area (Å²) in [7, 11) is 3.45. The van der Waals surface area contributed by atoms with E-state index in [9.17, 15) is 0 Å². The summed E-state index contributed by atoms with van der Waals surface area (Å²) in [5.41, 5.74) is 11.6. The van der Waals surface area contributed by atoms with Crippen LogP contribution in [-0.4, -0.2) is 25.7 Å². The fraction of sp³-hybridized carbons (Fsp3) is 0.280. The Morgan fingerprint density at radius 2 is 1.69 bits per heavy atom. The minimum absolute atomic E-state index is 0.708. The topological polar surface area (TPSA) is 60.3 Å². The highest BCUT2D eigenvalue weighted by molar-refractivity contribution is 5.97. The van der Waals surface area contributed by atoms with E-state index in [0.717, 1.165) is 47.5 Å². The molecule has 0 saturated carbocycles. The number of methoxy groups -OCH3 is 2. The second-order valence-corrected chi connectivity index (χ2v) is 7.49. The highest BCUT2D eigenvalue weighted by Crippen LogP contribution is 2.40. The molecule has 0 aliphatic carbocycles. The van der Waals surface area contributed by atoms with Crippen LogP contribution in [-0.2, 0) is 6.42 Å². The first-order valence-corrected chi connectivity index (χ1v) is 10.1. The van der Waals surface area contributed by atoms with Crippen molar-refractivity contribution in [3.8, 4) is 22.8 Å². The summed E-state index contributed by atoms with van der Waals surface area (Å²) < 4.78 is 11.3. The number of unbranched alkanes of at least 4 members (excludes halogenated alkanes) is 1.